The number of ether oxygens (including phenoxy) is 1. The largest absolute Gasteiger partial charge is 0.362 e. The highest BCUT2D eigenvalue weighted by molar-refractivity contribution is 6.02. The van der Waals surface area contributed by atoms with E-state index in [0.717, 1.165) is 11.3 Å². The monoisotopic (exact) mass is 311 g/mol. The van der Waals surface area contributed by atoms with E-state index in [4.69, 9.17) is 4.74 Å². The molecule has 0 spiro atoms. The Kier molecular flexibility index (Phi) is 4.49. The molecule has 1 amide bonds. The molecule has 0 atom stereocenters. The Morgan fingerprint density at radius 2 is 2.13 bits per heavy atom. The fourth-order valence-electron chi connectivity index (χ4n) is 2.21. The van der Waals surface area contributed by atoms with Gasteiger partial charge in [0.2, 0.25) is 0 Å². The van der Waals surface area contributed by atoms with Crippen LogP contribution < -0.4 is 5.32 Å². The molecule has 7 nitrogen and oxygen atoms in total. The van der Waals surface area contributed by atoms with E-state index in [2.05, 4.69) is 15.5 Å². The Hall–Kier alpha value is -2.93. The van der Waals surface area contributed by atoms with Crippen molar-refractivity contribution < 1.29 is 9.53 Å². The van der Waals surface area contributed by atoms with E-state index in [-0.39, 0.29) is 5.91 Å². The summed E-state index contributed by atoms with van der Waals surface area (Å²) >= 11 is 0. The third kappa shape index (κ3) is 3.83. The molecule has 0 aliphatic rings. The molecule has 0 aliphatic heterocycles. The van der Waals surface area contributed by atoms with Crippen molar-refractivity contribution in [1.82, 2.24) is 19.6 Å². The van der Waals surface area contributed by atoms with Crippen LogP contribution in [0.15, 0.2) is 55.0 Å². The number of hydrogen-bond acceptors (Lipinski definition) is 4. The number of hydrogen-bond donors (Lipinski definition) is 1. The lowest BCUT2D eigenvalue weighted by atomic mass is 10.2. The van der Waals surface area contributed by atoms with Crippen molar-refractivity contribution in [1.29, 1.82) is 0 Å². The van der Waals surface area contributed by atoms with Crippen molar-refractivity contribution in [2.75, 3.05) is 12.4 Å². The first-order valence-corrected chi connectivity index (χ1v) is 7.15. The first kappa shape index (κ1) is 15.0. The lowest BCUT2D eigenvalue weighted by molar-refractivity contribution is 0.101. The third-order valence-corrected chi connectivity index (χ3v) is 3.22. The molecule has 0 radical (unpaired) electrons. The van der Waals surface area contributed by atoms with Crippen LogP contribution in [-0.4, -0.2) is 32.6 Å². The zero-order valence-electron chi connectivity index (χ0n) is 12.7. The first-order valence-electron chi connectivity index (χ1n) is 7.15. The van der Waals surface area contributed by atoms with Gasteiger partial charge in [0.1, 0.15) is 6.73 Å². The molecule has 2 aromatic heterocycles. The summed E-state index contributed by atoms with van der Waals surface area (Å²) in [4.78, 5) is 12.2. The molecule has 0 unspecified atom stereocenters. The second-order valence-electron chi connectivity index (χ2n) is 5.02. The zero-order chi connectivity index (χ0) is 16.1. The maximum Gasteiger partial charge on any atom is 0.276 e. The van der Waals surface area contributed by atoms with E-state index < -0.39 is 0 Å². The Bertz CT molecular complexity index is 779. The molecule has 118 valence electrons. The quantitative estimate of drug-likeness (QED) is 0.755. The van der Waals surface area contributed by atoms with Crippen LogP contribution in [0.3, 0.4) is 0 Å². The van der Waals surface area contributed by atoms with E-state index in [1.165, 1.54) is 0 Å². The standard InChI is InChI=1S/C16H17N5O2/c1-23-12-21-9-6-15(19-21)16(22)18-14-5-2-4-13(10-14)11-20-8-3-7-17-20/h2-10H,11-12H2,1H3,(H,18,22). The fraction of sp³-hybridized carbons (Fsp3) is 0.188. The molecular formula is C16H17N5O2. The Balaban J connectivity index is 1.68. The molecule has 0 saturated carbocycles. The number of carbonyl (C=O) groups excluding carboxylic acids is 1. The number of nitrogens with zero attached hydrogens (tertiary/aromatic N) is 4. The van der Waals surface area contributed by atoms with E-state index in [1.54, 1.807) is 30.3 Å². The summed E-state index contributed by atoms with van der Waals surface area (Å²) in [5.41, 5.74) is 2.12. The van der Waals surface area contributed by atoms with Gasteiger partial charge in [-0.15, -0.1) is 0 Å². The van der Waals surface area contributed by atoms with Crippen LogP contribution in [0.2, 0.25) is 0 Å². The molecule has 0 saturated heterocycles. The van der Waals surface area contributed by atoms with Crippen molar-refractivity contribution in [3.8, 4) is 0 Å². The number of anilines is 1. The lowest BCUT2D eigenvalue weighted by Gasteiger charge is -2.07. The highest BCUT2D eigenvalue weighted by Gasteiger charge is 2.10. The summed E-state index contributed by atoms with van der Waals surface area (Å²) in [7, 11) is 1.58. The maximum absolute atomic E-state index is 12.2. The Morgan fingerprint density at radius 1 is 1.22 bits per heavy atom. The smallest absolute Gasteiger partial charge is 0.276 e. The van der Waals surface area contributed by atoms with Crippen LogP contribution in [0, 0.1) is 0 Å². The highest BCUT2D eigenvalue weighted by Crippen LogP contribution is 2.13. The molecule has 23 heavy (non-hydrogen) atoms. The van der Waals surface area contributed by atoms with Crippen LogP contribution in [0.5, 0.6) is 0 Å². The number of aromatic nitrogens is 4. The summed E-state index contributed by atoms with van der Waals surface area (Å²) in [5.74, 6) is -0.254. The van der Waals surface area contributed by atoms with Crippen molar-refractivity contribution in [2.45, 2.75) is 13.3 Å². The zero-order valence-corrected chi connectivity index (χ0v) is 12.7. The van der Waals surface area contributed by atoms with Crippen molar-refractivity contribution in [2.24, 2.45) is 0 Å². The van der Waals surface area contributed by atoms with Crippen molar-refractivity contribution >= 4 is 11.6 Å². The lowest BCUT2D eigenvalue weighted by Crippen LogP contribution is -2.14. The average Bonchev–Trinajstić information content (AvgIpc) is 3.20. The SMILES string of the molecule is COCn1ccc(C(=O)Nc2cccc(Cn3cccn3)c2)n1. The van der Waals surface area contributed by atoms with Crippen LogP contribution >= 0.6 is 0 Å². The van der Waals surface area contributed by atoms with E-state index in [1.807, 2.05) is 41.2 Å². The minimum atomic E-state index is -0.254. The van der Waals surface area contributed by atoms with Gasteiger partial charge in [-0.2, -0.15) is 10.2 Å². The maximum atomic E-state index is 12.2. The molecule has 2 heterocycles. The Morgan fingerprint density at radius 3 is 2.91 bits per heavy atom. The number of amides is 1. The van der Waals surface area contributed by atoms with Gasteiger partial charge in [0.15, 0.2) is 5.69 Å². The fourth-order valence-corrected chi connectivity index (χ4v) is 2.21. The van der Waals surface area contributed by atoms with E-state index >= 15 is 0 Å². The molecule has 0 bridgehead atoms. The summed E-state index contributed by atoms with van der Waals surface area (Å²) < 4.78 is 8.35. The Labute approximate surface area is 133 Å². The summed E-state index contributed by atoms with van der Waals surface area (Å²) in [6.45, 7) is 0.964. The summed E-state index contributed by atoms with van der Waals surface area (Å²) in [6, 6.07) is 11.2. The van der Waals surface area contributed by atoms with Crippen molar-refractivity contribution in [3.05, 3.63) is 66.2 Å². The van der Waals surface area contributed by atoms with Crippen molar-refractivity contribution in [3.63, 3.8) is 0 Å². The molecule has 3 aromatic rings. The molecule has 1 N–H and O–H groups in total. The van der Waals surface area contributed by atoms with Gasteiger partial charge in [-0.3, -0.25) is 9.48 Å². The van der Waals surface area contributed by atoms with Gasteiger partial charge >= 0.3 is 0 Å². The molecule has 7 heteroatoms. The number of benzene rings is 1. The average molecular weight is 311 g/mol. The predicted octanol–water partition coefficient (Wildman–Crippen LogP) is 1.98. The highest BCUT2D eigenvalue weighted by atomic mass is 16.5. The first-order chi connectivity index (χ1) is 11.2. The molecular weight excluding hydrogens is 294 g/mol. The van der Waals surface area contributed by atoms with E-state index in [0.29, 0.717) is 19.0 Å². The van der Waals surface area contributed by atoms with Gasteiger partial charge in [-0.05, 0) is 29.8 Å². The number of rotatable bonds is 6. The number of methoxy groups -OCH3 is 1. The van der Waals surface area contributed by atoms with Gasteiger partial charge in [0.25, 0.3) is 5.91 Å². The summed E-state index contributed by atoms with van der Waals surface area (Å²) in [6.07, 6.45) is 5.34. The second-order valence-corrected chi connectivity index (χ2v) is 5.02. The van der Waals surface area contributed by atoms with Crippen LogP contribution in [0.25, 0.3) is 0 Å². The predicted molar refractivity (Wildman–Crippen MR) is 85.0 cm³/mol. The normalized spacial score (nSPS) is 10.7. The second kappa shape index (κ2) is 6.89. The van der Waals surface area contributed by atoms with Gasteiger partial charge in [0.05, 0.1) is 6.54 Å². The minimum absolute atomic E-state index is 0.254. The van der Waals surface area contributed by atoms with E-state index in [9.17, 15) is 4.79 Å². The third-order valence-electron chi connectivity index (χ3n) is 3.22. The number of nitrogens with one attached hydrogen (secondary N) is 1. The van der Waals surface area contributed by atoms with Crippen LogP contribution in [0.4, 0.5) is 5.69 Å². The number of carbonyl (C=O) groups is 1. The van der Waals surface area contributed by atoms with Gasteiger partial charge in [0, 0.05) is 31.4 Å². The minimum Gasteiger partial charge on any atom is -0.362 e. The van der Waals surface area contributed by atoms with Gasteiger partial charge < -0.3 is 10.1 Å². The van der Waals surface area contributed by atoms with Gasteiger partial charge in [-0.25, -0.2) is 4.68 Å². The molecule has 1 aromatic carbocycles. The van der Waals surface area contributed by atoms with Crippen LogP contribution in [0.1, 0.15) is 16.1 Å². The molecule has 0 fully saturated rings. The van der Waals surface area contributed by atoms with Crippen LogP contribution in [-0.2, 0) is 18.0 Å². The molecule has 0 aliphatic carbocycles. The van der Waals surface area contributed by atoms with Gasteiger partial charge in [-0.1, -0.05) is 12.1 Å². The topological polar surface area (TPSA) is 74.0 Å². The molecule has 3 rings (SSSR count). The summed E-state index contributed by atoms with van der Waals surface area (Å²) in [5, 5.41) is 11.2.